The van der Waals surface area contributed by atoms with Crippen LogP contribution < -0.4 is 0 Å². The van der Waals surface area contributed by atoms with Gasteiger partial charge in [-0.15, -0.1) is 10.2 Å². The molecule has 1 aliphatic heterocycles. The Balaban J connectivity index is 1.67. The predicted octanol–water partition coefficient (Wildman–Crippen LogP) is 4.44. The summed E-state index contributed by atoms with van der Waals surface area (Å²) < 4.78 is 15.5. The first-order chi connectivity index (χ1) is 13.0. The molecule has 0 fully saturated rings. The van der Waals surface area contributed by atoms with Crippen LogP contribution in [0.4, 0.5) is 4.39 Å². The molecule has 1 amide bonds. The average Bonchev–Trinajstić information content (AvgIpc) is 3.05. The second kappa shape index (κ2) is 6.94. The Morgan fingerprint density at radius 2 is 1.96 bits per heavy atom. The van der Waals surface area contributed by atoms with Crippen LogP contribution in [0.3, 0.4) is 0 Å². The predicted molar refractivity (Wildman–Crippen MR) is 101 cm³/mol. The Morgan fingerprint density at radius 3 is 2.74 bits per heavy atom. The molecule has 1 aromatic heterocycles. The summed E-state index contributed by atoms with van der Waals surface area (Å²) in [6.45, 7) is 2.72. The van der Waals surface area contributed by atoms with E-state index in [0.29, 0.717) is 34.3 Å². The number of aromatic nitrogens is 3. The lowest BCUT2D eigenvalue weighted by molar-refractivity contribution is 0.0612. The zero-order valence-electron chi connectivity index (χ0n) is 14.4. The highest BCUT2D eigenvalue weighted by Gasteiger charge is 2.31. The van der Waals surface area contributed by atoms with Crippen LogP contribution in [0.5, 0.6) is 0 Å². The standard InChI is InChI=1S/C19H15Cl2FN4O/c1-11-9-26-16(23-24-18(26)12-4-2-5-13(22)8-12)10-25(11)19(27)14-6-3-7-15(20)17(14)21/h2-8,11H,9-10H2,1H3. The van der Waals surface area contributed by atoms with E-state index in [1.807, 2.05) is 11.5 Å². The summed E-state index contributed by atoms with van der Waals surface area (Å²) in [6, 6.07) is 11.1. The number of hydrogen-bond donors (Lipinski definition) is 0. The third-order valence-corrected chi connectivity index (χ3v) is 5.46. The number of fused-ring (bicyclic) bond motifs is 1. The Bertz CT molecular complexity index is 1040. The van der Waals surface area contributed by atoms with Crippen molar-refractivity contribution in [3.8, 4) is 11.4 Å². The molecule has 5 nitrogen and oxygen atoms in total. The highest BCUT2D eigenvalue weighted by molar-refractivity contribution is 6.43. The van der Waals surface area contributed by atoms with E-state index in [-0.39, 0.29) is 29.3 Å². The largest absolute Gasteiger partial charge is 0.327 e. The van der Waals surface area contributed by atoms with Gasteiger partial charge in [0.1, 0.15) is 5.82 Å². The molecule has 0 saturated heterocycles. The molecular weight excluding hydrogens is 390 g/mol. The van der Waals surface area contributed by atoms with Gasteiger partial charge in [0.25, 0.3) is 5.91 Å². The topological polar surface area (TPSA) is 51.0 Å². The highest BCUT2D eigenvalue weighted by Crippen LogP contribution is 2.30. The maximum absolute atomic E-state index is 13.6. The Morgan fingerprint density at radius 1 is 1.19 bits per heavy atom. The highest BCUT2D eigenvalue weighted by atomic mass is 35.5. The molecule has 0 radical (unpaired) electrons. The van der Waals surface area contributed by atoms with Crippen molar-refractivity contribution < 1.29 is 9.18 Å². The van der Waals surface area contributed by atoms with E-state index < -0.39 is 0 Å². The third-order valence-electron chi connectivity index (χ3n) is 4.64. The number of hydrogen-bond acceptors (Lipinski definition) is 3. The van der Waals surface area contributed by atoms with Gasteiger partial charge in [0, 0.05) is 18.2 Å². The molecule has 0 aliphatic carbocycles. The van der Waals surface area contributed by atoms with E-state index in [1.165, 1.54) is 12.1 Å². The van der Waals surface area contributed by atoms with Crippen LogP contribution in [0, 0.1) is 5.82 Å². The minimum absolute atomic E-state index is 0.122. The van der Waals surface area contributed by atoms with Crippen molar-refractivity contribution in [2.75, 3.05) is 0 Å². The summed E-state index contributed by atoms with van der Waals surface area (Å²) in [5.74, 6) is 0.681. The van der Waals surface area contributed by atoms with Crippen LogP contribution in [-0.4, -0.2) is 31.6 Å². The molecule has 0 bridgehead atoms. The Labute approximate surface area is 165 Å². The van der Waals surface area contributed by atoms with Gasteiger partial charge in [0.05, 0.1) is 22.2 Å². The quantitative estimate of drug-likeness (QED) is 0.634. The molecular formula is C19H15Cl2FN4O. The molecule has 2 heterocycles. The van der Waals surface area contributed by atoms with Gasteiger partial charge in [-0.1, -0.05) is 41.4 Å². The molecule has 27 heavy (non-hydrogen) atoms. The van der Waals surface area contributed by atoms with Gasteiger partial charge in [0.2, 0.25) is 0 Å². The van der Waals surface area contributed by atoms with Gasteiger partial charge in [-0.3, -0.25) is 4.79 Å². The second-order valence-electron chi connectivity index (χ2n) is 6.44. The van der Waals surface area contributed by atoms with Crippen LogP contribution in [0.15, 0.2) is 42.5 Å². The van der Waals surface area contributed by atoms with Gasteiger partial charge in [-0.05, 0) is 31.2 Å². The normalized spacial score (nSPS) is 16.3. The number of benzene rings is 2. The maximum Gasteiger partial charge on any atom is 0.256 e. The van der Waals surface area contributed by atoms with E-state index in [0.717, 1.165) is 0 Å². The van der Waals surface area contributed by atoms with Gasteiger partial charge in [-0.2, -0.15) is 0 Å². The minimum Gasteiger partial charge on any atom is -0.327 e. The van der Waals surface area contributed by atoms with Crippen molar-refractivity contribution >= 4 is 29.1 Å². The van der Waals surface area contributed by atoms with Crippen LogP contribution in [-0.2, 0) is 13.1 Å². The van der Waals surface area contributed by atoms with E-state index in [4.69, 9.17) is 23.2 Å². The van der Waals surface area contributed by atoms with Crippen molar-refractivity contribution in [1.82, 2.24) is 19.7 Å². The molecule has 0 saturated carbocycles. The zero-order valence-corrected chi connectivity index (χ0v) is 15.9. The molecule has 138 valence electrons. The molecule has 3 aromatic rings. The number of carbonyl (C=O) groups is 1. The summed E-state index contributed by atoms with van der Waals surface area (Å²) in [5.41, 5.74) is 1.01. The van der Waals surface area contributed by atoms with Gasteiger partial charge in [0.15, 0.2) is 11.6 Å². The molecule has 2 aromatic carbocycles. The lowest BCUT2D eigenvalue weighted by Gasteiger charge is -2.34. The fraction of sp³-hybridized carbons (Fsp3) is 0.211. The van der Waals surface area contributed by atoms with Crippen molar-refractivity contribution in [2.24, 2.45) is 0 Å². The zero-order chi connectivity index (χ0) is 19.1. The van der Waals surface area contributed by atoms with E-state index in [1.54, 1.807) is 35.2 Å². The summed E-state index contributed by atoms with van der Waals surface area (Å²) in [6.07, 6.45) is 0. The average molecular weight is 405 g/mol. The monoisotopic (exact) mass is 404 g/mol. The van der Waals surface area contributed by atoms with Crippen molar-refractivity contribution in [2.45, 2.75) is 26.1 Å². The molecule has 1 aliphatic rings. The van der Waals surface area contributed by atoms with Gasteiger partial charge >= 0.3 is 0 Å². The molecule has 1 atom stereocenters. The number of rotatable bonds is 2. The SMILES string of the molecule is CC1Cn2c(nnc2-c2cccc(F)c2)CN1C(=O)c1cccc(Cl)c1Cl. The molecule has 4 rings (SSSR count). The number of amides is 1. The van der Waals surface area contributed by atoms with Crippen LogP contribution >= 0.6 is 23.2 Å². The lowest BCUT2D eigenvalue weighted by Crippen LogP contribution is -2.45. The number of carbonyl (C=O) groups excluding carboxylic acids is 1. The third kappa shape index (κ3) is 3.19. The van der Waals surface area contributed by atoms with Crippen molar-refractivity contribution in [3.05, 3.63) is 69.7 Å². The van der Waals surface area contributed by atoms with Gasteiger partial charge < -0.3 is 9.47 Å². The maximum atomic E-state index is 13.6. The molecule has 0 N–H and O–H groups in total. The van der Waals surface area contributed by atoms with Crippen LogP contribution in [0.1, 0.15) is 23.1 Å². The van der Waals surface area contributed by atoms with E-state index >= 15 is 0 Å². The fourth-order valence-electron chi connectivity index (χ4n) is 3.25. The first-order valence-electron chi connectivity index (χ1n) is 8.38. The van der Waals surface area contributed by atoms with Crippen LogP contribution in [0.2, 0.25) is 10.0 Å². The number of nitrogens with zero attached hydrogens (tertiary/aromatic N) is 4. The molecule has 8 heteroatoms. The first-order valence-corrected chi connectivity index (χ1v) is 9.14. The van der Waals surface area contributed by atoms with E-state index in [2.05, 4.69) is 10.2 Å². The summed E-state index contributed by atoms with van der Waals surface area (Å²) in [7, 11) is 0. The molecule has 1 unspecified atom stereocenters. The summed E-state index contributed by atoms with van der Waals surface area (Å²) in [4.78, 5) is 14.7. The summed E-state index contributed by atoms with van der Waals surface area (Å²) in [5, 5.41) is 8.98. The minimum atomic E-state index is -0.332. The fourth-order valence-corrected chi connectivity index (χ4v) is 3.63. The first kappa shape index (κ1) is 17.9. The molecule has 0 spiro atoms. The van der Waals surface area contributed by atoms with Crippen LogP contribution in [0.25, 0.3) is 11.4 Å². The van der Waals surface area contributed by atoms with Crippen molar-refractivity contribution in [3.63, 3.8) is 0 Å². The second-order valence-corrected chi connectivity index (χ2v) is 7.23. The van der Waals surface area contributed by atoms with E-state index in [9.17, 15) is 9.18 Å². The number of halogens is 3. The van der Waals surface area contributed by atoms with Crippen molar-refractivity contribution in [1.29, 1.82) is 0 Å². The smallest absolute Gasteiger partial charge is 0.256 e. The van der Waals surface area contributed by atoms with Gasteiger partial charge in [-0.25, -0.2) is 4.39 Å². The Hall–Kier alpha value is -2.44. The summed E-state index contributed by atoms with van der Waals surface area (Å²) >= 11 is 12.2. The lowest BCUT2D eigenvalue weighted by atomic mass is 10.1. The Kier molecular flexibility index (Phi) is 4.61.